The van der Waals surface area contributed by atoms with Crippen molar-refractivity contribution in [3.05, 3.63) is 23.8 Å². The van der Waals surface area contributed by atoms with Gasteiger partial charge in [0, 0.05) is 24.8 Å². The molecule has 3 rings (SSSR count). The summed E-state index contributed by atoms with van der Waals surface area (Å²) in [6, 6.07) is 5.75. The summed E-state index contributed by atoms with van der Waals surface area (Å²) in [6.45, 7) is 3.42. The van der Waals surface area contributed by atoms with Crippen LogP contribution in [0.1, 0.15) is 44.6 Å². The molecule has 0 saturated heterocycles. The van der Waals surface area contributed by atoms with Gasteiger partial charge in [-0.25, -0.2) is 8.42 Å². The maximum atomic E-state index is 12.9. The van der Waals surface area contributed by atoms with Crippen LogP contribution in [0.15, 0.2) is 23.1 Å². The lowest BCUT2D eigenvalue weighted by molar-refractivity contribution is 0.335. The molecule has 2 aliphatic rings. The van der Waals surface area contributed by atoms with E-state index in [1.165, 1.54) is 5.56 Å². The molecule has 1 aliphatic carbocycles. The van der Waals surface area contributed by atoms with Crippen molar-refractivity contribution in [2.45, 2.75) is 56.4 Å². The number of aryl methyl sites for hydroxylation is 1. The SMILES string of the molecule is CCN(C1CCCC1)S(=O)(=O)c1ccc2c(c1)NCCC2. The third-order valence-corrected chi connectivity index (χ3v) is 6.69. The second-order valence-electron chi connectivity index (χ2n) is 6.00. The molecule has 0 radical (unpaired) electrons. The monoisotopic (exact) mass is 308 g/mol. The molecule has 1 fully saturated rings. The number of hydrogen-bond donors (Lipinski definition) is 1. The first-order chi connectivity index (χ1) is 10.1. The van der Waals surface area contributed by atoms with Gasteiger partial charge in [0.25, 0.3) is 0 Å². The zero-order valence-electron chi connectivity index (χ0n) is 12.6. The third kappa shape index (κ3) is 2.81. The predicted molar refractivity (Wildman–Crippen MR) is 85.1 cm³/mol. The molecule has 5 heteroatoms. The molecular weight excluding hydrogens is 284 g/mol. The fourth-order valence-electron chi connectivity index (χ4n) is 3.55. The number of nitrogens with one attached hydrogen (secondary N) is 1. The highest BCUT2D eigenvalue weighted by molar-refractivity contribution is 7.89. The van der Waals surface area contributed by atoms with Crippen molar-refractivity contribution >= 4 is 15.7 Å². The van der Waals surface area contributed by atoms with Gasteiger partial charge in [0.1, 0.15) is 0 Å². The maximum absolute atomic E-state index is 12.9. The lowest BCUT2D eigenvalue weighted by Gasteiger charge is -2.27. The molecule has 1 aromatic carbocycles. The quantitative estimate of drug-likeness (QED) is 0.930. The van der Waals surface area contributed by atoms with Crippen molar-refractivity contribution < 1.29 is 8.42 Å². The van der Waals surface area contributed by atoms with Crippen molar-refractivity contribution in [2.24, 2.45) is 0 Å². The van der Waals surface area contributed by atoms with Gasteiger partial charge >= 0.3 is 0 Å². The van der Waals surface area contributed by atoms with Crippen molar-refractivity contribution in [1.29, 1.82) is 0 Å². The minimum atomic E-state index is -3.37. The minimum Gasteiger partial charge on any atom is -0.385 e. The van der Waals surface area contributed by atoms with Crippen LogP contribution in [0.5, 0.6) is 0 Å². The largest absolute Gasteiger partial charge is 0.385 e. The molecular formula is C16H24N2O2S. The van der Waals surface area contributed by atoms with Gasteiger partial charge in [-0.15, -0.1) is 0 Å². The molecule has 1 saturated carbocycles. The van der Waals surface area contributed by atoms with E-state index in [-0.39, 0.29) is 6.04 Å². The summed E-state index contributed by atoms with van der Waals surface area (Å²) in [6.07, 6.45) is 6.42. The smallest absolute Gasteiger partial charge is 0.243 e. The molecule has 21 heavy (non-hydrogen) atoms. The highest BCUT2D eigenvalue weighted by Crippen LogP contribution is 2.31. The Morgan fingerprint density at radius 2 is 2.00 bits per heavy atom. The molecule has 0 amide bonds. The van der Waals surface area contributed by atoms with Gasteiger partial charge in [0.05, 0.1) is 4.90 Å². The van der Waals surface area contributed by atoms with E-state index in [2.05, 4.69) is 5.32 Å². The Morgan fingerprint density at radius 1 is 1.24 bits per heavy atom. The Kier molecular flexibility index (Phi) is 4.22. The molecule has 0 aromatic heterocycles. The first-order valence-corrected chi connectivity index (χ1v) is 9.45. The number of rotatable bonds is 4. The Bertz CT molecular complexity index is 607. The third-order valence-electron chi connectivity index (χ3n) is 4.67. The van der Waals surface area contributed by atoms with Crippen LogP contribution in [0.2, 0.25) is 0 Å². The molecule has 1 heterocycles. The highest BCUT2D eigenvalue weighted by atomic mass is 32.2. The molecule has 116 valence electrons. The summed E-state index contributed by atoms with van der Waals surface area (Å²) >= 11 is 0. The van der Waals surface area contributed by atoms with Crippen LogP contribution in [0.3, 0.4) is 0 Å². The normalized spacial score (nSPS) is 19.5. The molecule has 0 atom stereocenters. The number of hydrogen-bond acceptors (Lipinski definition) is 3. The number of anilines is 1. The Hall–Kier alpha value is -1.07. The van der Waals surface area contributed by atoms with Crippen LogP contribution >= 0.6 is 0 Å². The van der Waals surface area contributed by atoms with Crippen LogP contribution < -0.4 is 5.32 Å². The fourth-order valence-corrected chi connectivity index (χ4v) is 5.27. The van der Waals surface area contributed by atoms with E-state index in [0.29, 0.717) is 11.4 Å². The van der Waals surface area contributed by atoms with Crippen LogP contribution in [-0.2, 0) is 16.4 Å². The molecule has 1 aromatic rings. The Balaban J connectivity index is 1.93. The van der Waals surface area contributed by atoms with Crippen molar-refractivity contribution in [2.75, 3.05) is 18.4 Å². The topological polar surface area (TPSA) is 49.4 Å². The van der Waals surface area contributed by atoms with E-state index in [4.69, 9.17) is 0 Å². The summed E-state index contributed by atoms with van der Waals surface area (Å²) < 4.78 is 27.6. The van der Waals surface area contributed by atoms with Gasteiger partial charge in [-0.3, -0.25) is 0 Å². The molecule has 4 nitrogen and oxygen atoms in total. The predicted octanol–water partition coefficient (Wildman–Crippen LogP) is 3.00. The number of nitrogens with zero attached hydrogens (tertiary/aromatic N) is 1. The number of fused-ring (bicyclic) bond motifs is 1. The average molecular weight is 308 g/mol. The Morgan fingerprint density at radius 3 is 2.71 bits per heavy atom. The van der Waals surface area contributed by atoms with E-state index in [9.17, 15) is 8.42 Å². The molecule has 1 N–H and O–H groups in total. The molecule has 1 aliphatic heterocycles. The van der Waals surface area contributed by atoms with Crippen LogP contribution in [0.4, 0.5) is 5.69 Å². The van der Waals surface area contributed by atoms with Crippen molar-refractivity contribution in [3.63, 3.8) is 0 Å². The van der Waals surface area contributed by atoms with Crippen molar-refractivity contribution in [1.82, 2.24) is 4.31 Å². The lowest BCUT2D eigenvalue weighted by Crippen LogP contribution is -2.38. The molecule has 0 spiro atoms. The van der Waals surface area contributed by atoms with Crippen LogP contribution in [0.25, 0.3) is 0 Å². The van der Waals surface area contributed by atoms with E-state index in [1.807, 2.05) is 19.1 Å². The summed E-state index contributed by atoms with van der Waals surface area (Å²) in [4.78, 5) is 0.435. The van der Waals surface area contributed by atoms with E-state index < -0.39 is 10.0 Å². The fraction of sp³-hybridized carbons (Fsp3) is 0.625. The van der Waals surface area contributed by atoms with Gasteiger partial charge in [-0.1, -0.05) is 25.8 Å². The average Bonchev–Trinajstić information content (AvgIpc) is 3.01. The summed E-state index contributed by atoms with van der Waals surface area (Å²) in [7, 11) is -3.37. The standard InChI is InChI=1S/C16H24N2O2S/c1-2-18(14-7-3-4-8-14)21(19,20)15-10-9-13-6-5-11-17-16(13)12-15/h9-10,12,14,17H,2-8,11H2,1H3. The molecule has 0 bridgehead atoms. The number of sulfonamides is 1. The van der Waals surface area contributed by atoms with E-state index >= 15 is 0 Å². The van der Waals surface area contributed by atoms with E-state index in [1.54, 1.807) is 10.4 Å². The maximum Gasteiger partial charge on any atom is 0.243 e. The van der Waals surface area contributed by atoms with Gasteiger partial charge in [0.15, 0.2) is 0 Å². The minimum absolute atomic E-state index is 0.184. The van der Waals surface area contributed by atoms with Crippen molar-refractivity contribution in [3.8, 4) is 0 Å². The second kappa shape index (κ2) is 5.97. The highest BCUT2D eigenvalue weighted by Gasteiger charge is 2.32. The first kappa shape index (κ1) is 14.9. The lowest BCUT2D eigenvalue weighted by atomic mass is 10.0. The van der Waals surface area contributed by atoms with E-state index in [0.717, 1.165) is 50.8 Å². The second-order valence-corrected chi connectivity index (χ2v) is 7.89. The zero-order chi connectivity index (χ0) is 14.9. The van der Waals surface area contributed by atoms with Crippen LogP contribution in [0, 0.1) is 0 Å². The summed E-state index contributed by atoms with van der Waals surface area (Å²) in [5.74, 6) is 0. The summed E-state index contributed by atoms with van der Waals surface area (Å²) in [5, 5.41) is 3.32. The first-order valence-electron chi connectivity index (χ1n) is 8.01. The Labute approximate surface area is 127 Å². The summed E-state index contributed by atoms with van der Waals surface area (Å²) in [5.41, 5.74) is 2.22. The zero-order valence-corrected chi connectivity index (χ0v) is 13.5. The van der Waals surface area contributed by atoms with Gasteiger partial charge in [-0.2, -0.15) is 4.31 Å². The molecule has 0 unspecified atom stereocenters. The van der Waals surface area contributed by atoms with Crippen LogP contribution in [-0.4, -0.2) is 31.9 Å². The number of benzene rings is 1. The van der Waals surface area contributed by atoms with Gasteiger partial charge in [-0.05, 0) is 43.4 Å². The van der Waals surface area contributed by atoms with Gasteiger partial charge in [0.2, 0.25) is 10.0 Å². The van der Waals surface area contributed by atoms with Gasteiger partial charge < -0.3 is 5.32 Å².